The van der Waals surface area contributed by atoms with E-state index in [4.69, 9.17) is 13.8 Å². The zero-order chi connectivity index (χ0) is 40.3. The van der Waals surface area contributed by atoms with Gasteiger partial charge in [0.2, 0.25) is 5.91 Å². The Morgan fingerprint density at radius 2 is 1.02 bits per heavy atom. The van der Waals surface area contributed by atoms with Crippen molar-refractivity contribution in [3.8, 4) is 0 Å². The molecule has 10 heteroatoms. The van der Waals surface area contributed by atoms with Gasteiger partial charge < -0.3 is 20.1 Å². The van der Waals surface area contributed by atoms with Crippen molar-refractivity contribution in [3.63, 3.8) is 0 Å². The van der Waals surface area contributed by atoms with Gasteiger partial charge in [-0.2, -0.15) is 0 Å². The number of nitrogens with one attached hydrogen (secondary N) is 1. The lowest BCUT2D eigenvalue weighted by Crippen LogP contribution is -2.26. The second kappa shape index (κ2) is 40.1. The van der Waals surface area contributed by atoms with Crippen LogP contribution in [0.4, 0.5) is 0 Å². The molecule has 55 heavy (non-hydrogen) atoms. The molecule has 2 atom stereocenters. The fraction of sp³-hybridized carbons (Fsp3) is 0.511. The van der Waals surface area contributed by atoms with Crippen molar-refractivity contribution in [3.05, 3.63) is 122 Å². The largest absolute Gasteiger partial charge is 0.472 e. The average molecular weight is 784 g/mol. The first-order valence-electron chi connectivity index (χ1n) is 20.0. The maximum absolute atomic E-state index is 12.1. The third-order valence-electron chi connectivity index (χ3n) is 7.42. The highest BCUT2D eigenvalue weighted by molar-refractivity contribution is 7.47. The molecule has 0 fully saturated rings. The molecule has 1 amide bonds. The van der Waals surface area contributed by atoms with Crippen molar-refractivity contribution in [2.24, 2.45) is 0 Å². The Morgan fingerprint density at radius 1 is 0.582 bits per heavy atom. The van der Waals surface area contributed by atoms with Gasteiger partial charge in [-0.25, -0.2) is 4.57 Å². The number of esters is 1. The zero-order valence-electron chi connectivity index (χ0n) is 33.6. The van der Waals surface area contributed by atoms with Gasteiger partial charge in [0.1, 0.15) is 12.7 Å². The van der Waals surface area contributed by atoms with Crippen LogP contribution in [0.2, 0.25) is 0 Å². The fourth-order valence-electron chi connectivity index (χ4n) is 4.47. The van der Waals surface area contributed by atoms with Gasteiger partial charge in [-0.05, 0) is 83.5 Å². The van der Waals surface area contributed by atoms with E-state index >= 15 is 0 Å². The summed E-state index contributed by atoms with van der Waals surface area (Å²) in [6, 6.07) is 0. The summed E-state index contributed by atoms with van der Waals surface area (Å²) in [6.07, 6.45) is 54.5. The van der Waals surface area contributed by atoms with Crippen LogP contribution in [0.15, 0.2) is 122 Å². The fourth-order valence-corrected chi connectivity index (χ4v) is 5.23. The van der Waals surface area contributed by atoms with Gasteiger partial charge in [0.25, 0.3) is 0 Å². The SMILES string of the molecule is CC/C=C\C/C=C\C/C=C\C/C=C\C/C=C\C/C=C\C/C=C\CC(=O)NCCOP(=O)(O)OCC(O)COC(=O)CCCCC/C=C\C/C=C\C/C=C\CC. The average Bonchev–Trinajstić information content (AvgIpc) is 3.17. The Kier molecular flexibility index (Phi) is 37.5. The molecule has 3 N–H and O–H groups in total. The minimum atomic E-state index is -4.46. The molecule has 0 aromatic carbocycles. The maximum atomic E-state index is 12.1. The molecule has 0 saturated carbocycles. The van der Waals surface area contributed by atoms with Gasteiger partial charge in [-0.15, -0.1) is 0 Å². The summed E-state index contributed by atoms with van der Waals surface area (Å²) in [5.41, 5.74) is 0. The van der Waals surface area contributed by atoms with Crippen molar-refractivity contribution in [2.45, 2.75) is 123 Å². The smallest absolute Gasteiger partial charge is 0.463 e. The second-order valence-corrected chi connectivity index (χ2v) is 14.0. The summed E-state index contributed by atoms with van der Waals surface area (Å²) in [5, 5.41) is 12.6. The van der Waals surface area contributed by atoms with E-state index in [1.807, 2.05) is 12.2 Å². The number of amides is 1. The minimum absolute atomic E-state index is 0.0126. The monoisotopic (exact) mass is 783 g/mol. The Morgan fingerprint density at radius 3 is 1.49 bits per heavy atom. The molecule has 308 valence electrons. The van der Waals surface area contributed by atoms with Gasteiger partial charge in [-0.1, -0.05) is 142 Å². The molecule has 0 radical (unpaired) electrons. The first-order valence-corrected chi connectivity index (χ1v) is 21.5. The van der Waals surface area contributed by atoms with Gasteiger partial charge >= 0.3 is 13.8 Å². The predicted molar refractivity (Wildman–Crippen MR) is 228 cm³/mol. The summed E-state index contributed by atoms with van der Waals surface area (Å²) in [5.74, 6) is -0.695. The molecule has 0 aromatic heterocycles. The molecule has 0 heterocycles. The van der Waals surface area contributed by atoms with E-state index in [0.717, 1.165) is 77.0 Å². The number of hydrogen-bond acceptors (Lipinski definition) is 7. The van der Waals surface area contributed by atoms with Crippen LogP contribution in [-0.4, -0.2) is 54.3 Å². The third kappa shape index (κ3) is 41.4. The van der Waals surface area contributed by atoms with Crippen molar-refractivity contribution in [1.29, 1.82) is 0 Å². The number of carbonyl (C=O) groups is 2. The first kappa shape index (κ1) is 51.4. The highest BCUT2D eigenvalue weighted by atomic mass is 31.2. The lowest BCUT2D eigenvalue weighted by Gasteiger charge is -2.15. The van der Waals surface area contributed by atoms with E-state index in [0.29, 0.717) is 12.8 Å². The van der Waals surface area contributed by atoms with Crippen molar-refractivity contribution < 1.29 is 37.9 Å². The van der Waals surface area contributed by atoms with E-state index in [9.17, 15) is 24.2 Å². The molecular weight excluding hydrogens is 713 g/mol. The number of carbonyl (C=O) groups excluding carboxylic acids is 2. The van der Waals surface area contributed by atoms with Crippen molar-refractivity contribution >= 4 is 19.7 Å². The number of rotatable bonds is 35. The highest BCUT2D eigenvalue weighted by Gasteiger charge is 2.23. The molecule has 0 aliphatic carbocycles. The lowest BCUT2D eigenvalue weighted by atomic mass is 10.1. The first-order chi connectivity index (χ1) is 26.8. The Hall–Kier alpha value is -3.59. The number of unbranched alkanes of at least 4 members (excludes halogenated alkanes) is 3. The Labute approximate surface area is 332 Å². The molecule has 0 aliphatic rings. The third-order valence-corrected chi connectivity index (χ3v) is 8.40. The number of allylic oxidation sites excluding steroid dienone is 19. The minimum Gasteiger partial charge on any atom is -0.463 e. The van der Waals surface area contributed by atoms with Crippen molar-refractivity contribution in [1.82, 2.24) is 5.32 Å². The van der Waals surface area contributed by atoms with Crippen LogP contribution in [0.1, 0.15) is 117 Å². The topological polar surface area (TPSA) is 131 Å². The zero-order valence-corrected chi connectivity index (χ0v) is 34.5. The maximum Gasteiger partial charge on any atom is 0.472 e. The van der Waals surface area contributed by atoms with Crippen LogP contribution in [0.3, 0.4) is 0 Å². The summed E-state index contributed by atoms with van der Waals surface area (Å²) in [4.78, 5) is 33.7. The number of aliphatic hydroxyl groups is 1. The molecule has 0 aromatic rings. The van der Waals surface area contributed by atoms with Crippen LogP contribution >= 0.6 is 7.82 Å². The normalized spacial score (nSPS) is 14.6. The summed E-state index contributed by atoms with van der Waals surface area (Å²) >= 11 is 0. The van der Waals surface area contributed by atoms with Gasteiger partial charge in [0.15, 0.2) is 0 Å². The van der Waals surface area contributed by atoms with Crippen LogP contribution < -0.4 is 5.32 Å². The number of aliphatic hydroxyl groups excluding tert-OH is 1. The molecule has 0 saturated heterocycles. The summed E-state index contributed by atoms with van der Waals surface area (Å²) < 4.78 is 26.7. The molecule has 0 aliphatic heterocycles. The number of hydrogen-bond donors (Lipinski definition) is 3. The highest BCUT2D eigenvalue weighted by Crippen LogP contribution is 2.42. The number of ether oxygens (including phenoxy) is 1. The summed E-state index contributed by atoms with van der Waals surface area (Å²) in [7, 11) is -4.46. The second-order valence-electron chi connectivity index (χ2n) is 12.5. The molecule has 0 rings (SSSR count). The van der Waals surface area contributed by atoms with Crippen LogP contribution in [0.5, 0.6) is 0 Å². The van der Waals surface area contributed by atoms with Crippen molar-refractivity contribution in [2.75, 3.05) is 26.4 Å². The number of phosphoric ester groups is 1. The van der Waals surface area contributed by atoms with E-state index in [1.54, 1.807) is 6.08 Å². The van der Waals surface area contributed by atoms with E-state index in [1.165, 1.54) is 0 Å². The van der Waals surface area contributed by atoms with E-state index in [-0.39, 0.29) is 38.5 Å². The molecule has 0 bridgehead atoms. The molecular formula is C45H70NO8P. The summed E-state index contributed by atoms with van der Waals surface area (Å²) in [6.45, 7) is 3.11. The lowest BCUT2D eigenvalue weighted by molar-refractivity contribution is -0.147. The predicted octanol–water partition coefficient (Wildman–Crippen LogP) is 11.0. The van der Waals surface area contributed by atoms with Gasteiger partial charge in [0, 0.05) is 19.4 Å². The standard InChI is InChI=1S/C45H70NO8P/c1-3-5-7-9-11-13-15-17-18-19-20-21-22-23-24-26-27-29-31-33-35-37-44(48)46-39-40-53-55(50,51)54-42-43(47)41-52-45(49)38-36-34-32-30-28-25-16-14-12-10-8-6-4-2/h5-8,11-14,17-18,20-21,23-25,27-29,33,35,43,47H,3-4,9-10,15-16,19,22,26,30-32,34,36-42H2,1-2H3,(H,46,48)(H,50,51)/b7-5-,8-6-,13-11-,14-12-,18-17-,21-20-,24-23-,28-25-,29-27-,35-33-. The number of phosphoric acid groups is 1. The Balaban J connectivity index is 3.82. The van der Waals surface area contributed by atoms with Crippen LogP contribution in [0.25, 0.3) is 0 Å². The van der Waals surface area contributed by atoms with Crippen LogP contribution in [0, 0.1) is 0 Å². The molecule has 9 nitrogen and oxygen atoms in total. The van der Waals surface area contributed by atoms with E-state index in [2.05, 4.69) is 122 Å². The molecule has 0 spiro atoms. The molecule has 2 unspecified atom stereocenters. The Bertz CT molecular complexity index is 1310. The van der Waals surface area contributed by atoms with Gasteiger partial charge in [0.05, 0.1) is 13.2 Å². The van der Waals surface area contributed by atoms with E-state index < -0.39 is 26.5 Å². The van der Waals surface area contributed by atoms with Crippen LogP contribution in [-0.2, 0) is 27.9 Å². The quantitative estimate of drug-likeness (QED) is 0.0251. The van der Waals surface area contributed by atoms with Gasteiger partial charge in [-0.3, -0.25) is 18.6 Å².